The molecule has 0 fully saturated rings. The van der Waals surface area contributed by atoms with E-state index in [1.54, 1.807) is 4.90 Å². The summed E-state index contributed by atoms with van der Waals surface area (Å²) in [6, 6.07) is 8.89. The van der Waals surface area contributed by atoms with Crippen LogP contribution in [0.2, 0.25) is 0 Å². The lowest BCUT2D eigenvalue weighted by Crippen LogP contribution is -2.37. The number of carbonyl (C=O) groups excluding carboxylic acids is 1. The van der Waals surface area contributed by atoms with Crippen LogP contribution >= 0.6 is 0 Å². The summed E-state index contributed by atoms with van der Waals surface area (Å²) in [4.78, 5) is 24.1. The van der Waals surface area contributed by atoms with Gasteiger partial charge in [0.25, 0.3) is 0 Å². The summed E-state index contributed by atoms with van der Waals surface area (Å²) in [7, 11) is 0. The van der Waals surface area contributed by atoms with E-state index in [9.17, 15) is 4.79 Å². The average molecular weight is 498 g/mol. The molecular weight excluding hydrogens is 470 g/mol. The van der Waals surface area contributed by atoms with E-state index < -0.39 is 0 Å². The minimum absolute atomic E-state index is 0.0485. The van der Waals surface area contributed by atoms with E-state index in [1.807, 2.05) is 6.20 Å². The van der Waals surface area contributed by atoms with Gasteiger partial charge in [-0.2, -0.15) is 0 Å². The van der Waals surface area contributed by atoms with E-state index in [-0.39, 0.29) is 18.2 Å². The molecule has 3 aliphatic rings. The molecule has 1 amide bonds. The molecule has 4 heterocycles. The number of nitrogens with one attached hydrogen (secondary N) is 2. The quantitative estimate of drug-likeness (QED) is 0.425. The predicted molar refractivity (Wildman–Crippen MR) is 132 cm³/mol. The lowest BCUT2D eigenvalue weighted by molar-refractivity contribution is -0.131. The van der Waals surface area contributed by atoms with Crippen molar-refractivity contribution in [1.29, 1.82) is 0 Å². The Labute approximate surface area is 213 Å². The standard InChI is InChI=1S/C26H27N9O2/c36-24(35-9-8-21-22(14-35)31-34-30-21)12-23-32-33-25(37-23)18-6-3-7-20-19(18)13-27-26(29-20)28-17-10-15-4-1-2-5-16(15)11-17/h1-2,4-5,13,17-18H,3,6-12,14H2,(H,27,28,29)(H,30,31,34)/t18-/m0/s1. The summed E-state index contributed by atoms with van der Waals surface area (Å²) in [5.41, 5.74) is 6.66. The fourth-order valence-electron chi connectivity index (χ4n) is 5.76. The van der Waals surface area contributed by atoms with E-state index in [2.05, 4.69) is 60.2 Å². The SMILES string of the molecule is O=C(Cc1nnc([C@H]2CCCc3nc(NC4Cc5ccccc5C4)ncc32)o1)N1CCc2nn[nH]c2C1. The highest BCUT2D eigenvalue weighted by Crippen LogP contribution is 2.35. The fourth-order valence-corrected chi connectivity index (χ4v) is 5.76. The molecule has 11 heteroatoms. The molecule has 0 saturated carbocycles. The summed E-state index contributed by atoms with van der Waals surface area (Å²) in [5.74, 6) is 1.43. The molecule has 37 heavy (non-hydrogen) atoms. The molecule has 3 aromatic heterocycles. The Morgan fingerprint density at radius 1 is 1.11 bits per heavy atom. The van der Waals surface area contributed by atoms with Crippen LogP contribution in [0.15, 0.2) is 34.9 Å². The summed E-state index contributed by atoms with van der Waals surface area (Å²) in [6.07, 6.45) is 7.40. The lowest BCUT2D eigenvalue weighted by atomic mass is 9.86. The van der Waals surface area contributed by atoms with Gasteiger partial charge in [-0.1, -0.05) is 29.5 Å². The normalized spacial score (nSPS) is 18.8. The molecule has 0 bridgehead atoms. The molecule has 0 unspecified atom stereocenters. The number of aromatic nitrogens is 7. The van der Waals surface area contributed by atoms with Crippen LogP contribution in [0, 0.1) is 0 Å². The van der Waals surface area contributed by atoms with Gasteiger partial charge in [0.2, 0.25) is 23.6 Å². The largest absolute Gasteiger partial charge is 0.424 e. The van der Waals surface area contributed by atoms with Gasteiger partial charge in [0.05, 0.1) is 23.9 Å². The molecule has 2 N–H and O–H groups in total. The monoisotopic (exact) mass is 497 g/mol. The molecule has 1 atom stereocenters. The Bertz CT molecular complexity index is 1440. The highest BCUT2D eigenvalue weighted by Gasteiger charge is 2.30. The Hall–Kier alpha value is -4.15. The number of hydrogen-bond acceptors (Lipinski definition) is 9. The van der Waals surface area contributed by atoms with Gasteiger partial charge in [-0.3, -0.25) is 9.89 Å². The third-order valence-electron chi connectivity index (χ3n) is 7.67. The third kappa shape index (κ3) is 4.24. The smallest absolute Gasteiger partial charge is 0.232 e. The minimum atomic E-state index is -0.0569. The average Bonchev–Trinajstić information content (AvgIpc) is 3.67. The number of amides is 1. The van der Waals surface area contributed by atoms with Crippen LogP contribution in [0.4, 0.5) is 5.95 Å². The molecule has 0 spiro atoms. The van der Waals surface area contributed by atoms with Crippen molar-refractivity contribution in [2.75, 3.05) is 11.9 Å². The topological polar surface area (TPSA) is 139 Å². The van der Waals surface area contributed by atoms with Gasteiger partial charge in [-0.15, -0.1) is 15.3 Å². The molecule has 4 aromatic rings. The van der Waals surface area contributed by atoms with E-state index in [0.717, 1.165) is 54.7 Å². The van der Waals surface area contributed by atoms with Gasteiger partial charge in [0.15, 0.2) is 0 Å². The first-order valence-electron chi connectivity index (χ1n) is 12.9. The number of rotatable bonds is 5. The Kier molecular flexibility index (Phi) is 5.40. The van der Waals surface area contributed by atoms with Gasteiger partial charge >= 0.3 is 0 Å². The number of hydrogen-bond donors (Lipinski definition) is 2. The number of fused-ring (bicyclic) bond motifs is 3. The molecule has 188 valence electrons. The van der Waals surface area contributed by atoms with Crippen LogP contribution in [-0.2, 0) is 43.4 Å². The second-order valence-corrected chi connectivity index (χ2v) is 10.1. The Morgan fingerprint density at radius 2 is 1.97 bits per heavy atom. The van der Waals surface area contributed by atoms with Crippen LogP contribution in [0.25, 0.3) is 0 Å². The number of anilines is 1. The summed E-state index contributed by atoms with van der Waals surface area (Å²) in [6.45, 7) is 1.08. The number of aryl methyl sites for hydroxylation is 1. The molecule has 0 saturated heterocycles. The van der Waals surface area contributed by atoms with Crippen molar-refractivity contribution in [3.63, 3.8) is 0 Å². The van der Waals surface area contributed by atoms with Gasteiger partial charge < -0.3 is 14.6 Å². The maximum absolute atomic E-state index is 12.9. The maximum atomic E-state index is 12.9. The number of benzene rings is 1. The van der Waals surface area contributed by atoms with Crippen LogP contribution < -0.4 is 5.32 Å². The van der Waals surface area contributed by atoms with Crippen molar-refractivity contribution in [3.8, 4) is 0 Å². The van der Waals surface area contributed by atoms with Crippen molar-refractivity contribution in [2.45, 2.75) is 63.5 Å². The van der Waals surface area contributed by atoms with E-state index in [0.29, 0.717) is 43.3 Å². The first kappa shape index (κ1) is 22.1. The molecule has 1 aromatic carbocycles. The van der Waals surface area contributed by atoms with E-state index in [4.69, 9.17) is 9.40 Å². The minimum Gasteiger partial charge on any atom is -0.424 e. The van der Waals surface area contributed by atoms with Crippen LogP contribution in [0.1, 0.15) is 64.3 Å². The van der Waals surface area contributed by atoms with E-state index in [1.165, 1.54) is 11.1 Å². The highest BCUT2D eigenvalue weighted by atomic mass is 16.4. The molecule has 1 aliphatic heterocycles. The molecule has 0 radical (unpaired) electrons. The van der Waals surface area contributed by atoms with E-state index >= 15 is 0 Å². The van der Waals surface area contributed by atoms with Crippen molar-refractivity contribution < 1.29 is 9.21 Å². The second-order valence-electron chi connectivity index (χ2n) is 10.1. The summed E-state index contributed by atoms with van der Waals surface area (Å²) < 4.78 is 6.00. The molecular formula is C26H27N9O2. The first-order chi connectivity index (χ1) is 18.2. The Morgan fingerprint density at radius 3 is 2.84 bits per heavy atom. The second kappa shape index (κ2) is 9.06. The lowest BCUT2D eigenvalue weighted by Gasteiger charge is -2.25. The Balaban J connectivity index is 1.03. The number of nitrogens with zero attached hydrogens (tertiary/aromatic N) is 7. The maximum Gasteiger partial charge on any atom is 0.232 e. The molecule has 11 nitrogen and oxygen atoms in total. The zero-order chi connectivity index (χ0) is 24.8. The molecule has 7 rings (SSSR count). The first-order valence-corrected chi connectivity index (χ1v) is 12.9. The van der Waals surface area contributed by atoms with Gasteiger partial charge in [-0.25, -0.2) is 9.97 Å². The van der Waals surface area contributed by atoms with Crippen molar-refractivity contribution in [1.82, 2.24) is 40.5 Å². The van der Waals surface area contributed by atoms with Gasteiger partial charge in [0, 0.05) is 36.5 Å². The zero-order valence-corrected chi connectivity index (χ0v) is 20.4. The van der Waals surface area contributed by atoms with Gasteiger partial charge in [-0.05, 0) is 43.2 Å². The van der Waals surface area contributed by atoms with Crippen LogP contribution in [0.3, 0.4) is 0 Å². The summed E-state index contributed by atoms with van der Waals surface area (Å²) in [5, 5.41) is 22.8. The highest BCUT2D eigenvalue weighted by molar-refractivity contribution is 5.78. The van der Waals surface area contributed by atoms with Crippen LogP contribution in [-0.4, -0.2) is 59.0 Å². The predicted octanol–water partition coefficient (Wildman–Crippen LogP) is 2.15. The number of carbonyl (C=O) groups is 1. The number of H-pyrrole nitrogens is 1. The van der Waals surface area contributed by atoms with Crippen molar-refractivity contribution in [2.24, 2.45) is 0 Å². The summed E-state index contributed by atoms with van der Waals surface area (Å²) >= 11 is 0. The third-order valence-corrected chi connectivity index (χ3v) is 7.67. The fraction of sp³-hybridized carbons (Fsp3) is 0.423. The van der Waals surface area contributed by atoms with Crippen LogP contribution in [0.5, 0.6) is 0 Å². The van der Waals surface area contributed by atoms with Crippen molar-refractivity contribution >= 4 is 11.9 Å². The molecule has 2 aliphatic carbocycles. The van der Waals surface area contributed by atoms with Crippen molar-refractivity contribution in [3.05, 3.63) is 76.0 Å². The van der Waals surface area contributed by atoms with Gasteiger partial charge in [0.1, 0.15) is 6.42 Å². The number of aromatic amines is 1. The zero-order valence-electron chi connectivity index (χ0n) is 20.4.